The van der Waals surface area contributed by atoms with Crippen LogP contribution in [0.5, 0.6) is 0 Å². The second kappa shape index (κ2) is 8.58. The average molecular weight is 300 g/mol. The zero-order chi connectivity index (χ0) is 15.8. The fraction of sp³-hybridized carbons (Fsp3) is 0.600. The first kappa shape index (κ1) is 19.3. The third-order valence-electron chi connectivity index (χ3n) is 2.98. The van der Waals surface area contributed by atoms with Crippen molar-refractivity contribution in [3.63, 3.8) is 0 Å². The van der Waals surface area contributed by atoms with Crippen LogP contribution in [-0.2, 0) is 9.09 Å². The number of rotatable bonds is 9. The lowest BCUT2D eigenvalue weighted by Gasteiger charge is -2.38. The number of phosphoric ester groups is 1. The van der Waals surface area contributed by atoms with Gasteiger partial charge in [-0.15, -0.1) is 6.58 Å². The maximum absolute atomic E-state index is 10.7. The molecule has 0 aliphatic heterocycles. The third kappa shape index (κ3) is 10.2. The maximum atomic E-state index is 10.7. The quantitative estimate of drug-likeness (QED) is 0.484. The molecule has 0 rings (SSSR count). The van der Waals surface area contributed by atoms with Gasteiger partial charge in [-0.05, 0) is 53.4 Å². The van der Waals surface area contributed by atoms with Crippen molar-refractivity contribution in [2.75, 3.05) is 0 Å². The molecule has 0 aromatic heterocycles. The van der Waals surface area contributed by atoms with Gasteiger partial charge in [0.15, 0.2) is 0 Å². The van der Waals surface area contributed by atoms with Gasteiger partial charge in [0.05, 0.1) is 13.4 Å². The molecule has 0 aliphatic rings. The van der Waals surface area contributed by atoms with Crippen LogP contribution >= 0.6 is 7.82 Å². The average Bonchev–Trinajstić information content (AvgIpc) is 2.26. The van der Waals surface area contributed by atoms with E-state index >= 15 is 0 Å². The standard InChI is InChI=1S/C15H27O4P/c1-6-15(5,19-20(16,17)18)12-8-11-14(4)10-7-9-13(2)3/h6,9,11H,1,7-8,10,12H2,2-5H3,(H2,16,17,18)/p-2/b14-11-. The normalized spacial score (nSPS) is 15.6. The summed E-state index contributed by atoms with van der Waals surface area (Å²) in [5.41, 5.74) is 1.41. The van der Waals surface area contributed by atoms with Crippen molar-refractivity contribution in [3.05, 3.63) is 36.0 Å². The Morgan fingerprint density at radius 2 is 1.85 bits per heavy atom. The Balaban J connectivity index is 4.34. The summed E-state index contributed by atoms with van der Waals surface area (Å²) < 4.78 is 15.2. The lowest BCUT2D eigenvalue weighted by molar-refractivity contribution is -0.347. The molecule has 0 saturated carbocycles. The lowest BCUT2D eigenvalue weighted by atomic mass is 9.99. The first-order valence-electron chi connectivity index (χ1n) is 6.73. The molecule has 0 bridgehead atoms. The van der Waals surface area contributed by atoms with Crippen LogP contribution in [0.15, 0.2) is 36.0 Å². The van der Waals surface area contributed by atoms with Crippen molar-refractivity contribution >= 4 is 7.82 Å². The predicted octanol–water partition coefficient (Wildman–Crippen LogP) is 3.25. The van der Waals surface area contributed by atoms with Gasteiger partial charge in [0.2, 0.25) is 0 Å². The van der Waals surface area contributed by atoms with Crippen LogP contribution in [-0.4, -0.2) is 5.60 Å². The van der Waals surface area contributed by atoms with Gasteiger partial charge < -0.3 is 18.9 Å². The Kier molecular flexibility index (Phi) is 8.29. The molecule has 0 saturated heterocycles. The van der Waals surface area contributed by atoms with Crippen LogP contribution in [0.2, 0.25) is 0 Å². The fourth-order valence-electron chi connectivity index (χ4n) is 1.74. The van der Waals surface area contributed by atoms with Gasteiger partial charge in [0, 0.05) is 0 Å². The fourth-order valence-corrected chi connectivity index (χ4v) is 2.41. The monoisotopic (exact) mass is 300 g/mol. The Morgan fingerprint density at radius 3 is 2.30 bits per heavy atom. The minimum atomic E-state index is -5.00. The molecule has 0 aromatic carbocycles. The van der Waals surface area contributed by atoms with Crippen molar-refractivity contribution in [2.24, 2.45) is 0 Å². The molecule has 0 fully saturated rings. The Bertz CT molecular complexity index is 416. The van der Waals surface area contributed by atoms with E-state index in [1.807, 2.05) is 13.0 Å². The van der Waals surface area contributed by atoms with Gasteiger partial charge >= 0.3 is 0 Å². The van der Waals surface area contributed by atoms with Crippen molar-refractivity contribution in [1.29, 1.82) is 0 Å². The predicted molar refractivity (Wildman–Crippen MR) is 78.9 cm³/mol. The molecule has 0 spiro atoms. The third-order valence-corrected chi connectivity index (χ3v) is 3.62. The van der Waals surface area contributed by atoms with E-state index in [1.54, 1.807) is 6.92 Å². The summed E-state index contributed by atoms with van der Waals surface area (Å²) >= 11 is 0. The smallest absolute Gasteiger partial charge is 0.0886 e. The van der Waals surface area contributed by atoms with Gasteiger partial charge in [-0.2, -0.15) is 0 Å². The summed E-state index contributed by atoms with van der Waals surface area (Å²) in [7, 11) is -5.00. The molecule has 0 aromatic rings. The minimum absolute atomic E-state index is 0.408. The van der Waals surface area contributed by atoms with E-state index in [0.717, 1.165) is 12.8 Å². The van der Waals surface area contributed by atoms with Crippen LogP contribution < -0.4 is 9.79 Å². The number of phosphoric acid groups is 1. The Morgan fingerprint density at radius 1 is 1.25 bits per heavy atom. The topological polar surface area (TPSA) is 72.4 Å². The highest BCUT2D eigenvalue weighted by atomic mass is 31.2. The largest absolute Gasteiger partial charge is 0.790 e. The van der Waals surface area contributed by atoms with E-state index in [9.17, 15) is 14.4 Å². The zero-order valence-corrected chi connectivity index (χ0v) is 13.7. The second-order valence-corrected chi connectivity index (χ2v) is 6.54. The Labute approximate surface area is 122 Å². The molecule has 1 unspecified atom stereocenters. The molecular weight excluding hydrogens is 275 g/mol. The molecule has 1 atom stereocenters. The summed E-state index contributed by atoms with van der Waals surface area (Å²) in [6.07, 6.45) is 8.61. The van der Waals surface area contributed by atoms with Gasteiger partial charge in [-0.3, -0.25) is 0 Å². The maximum Gasteiger partial charge on any atom is 0.0886 e. The minimum Gasteiger partial charge on any atom is -0.790 e. The molecular formula is C15H25O4P-2. The van der Waals surface area contributed by atoms with E-state index in [2.05, 4.69) is 31.0 Å². The van der Waals surface area contributed by atoms with E-state index in [4.69, 9.17) is 0 Å². The van der Waals surface area contributed by atoms with Gasteiger partial charge in [0.25, 0.3) is 0 Å². The summed E-state index contributed by atoms with van der Waals surface area (Å²) in [6, 6.07) is 0. The Hall–Kier alpha value is -0.670. The highest BCUT2D eigenvalue weighted by Gasteiger charge is 2.21. The van der Waals surface area contributed by atoms with Gasteiger partial charge in [-0.25, -0.2) is 0 Å². The van der Waals surface area contributed by atoms with Gasteiger partial charge in [-0.1, -0.05) is 29.4 Å². The van der Waals surface area contributed by atoms with E-state index in [0.29, 0.717) is 12.8 Å². The number of hydrogen-bond donors (Lipinski definition) is 0. The van der Waals surface area contributed by atoms with Gasteiger partial charge in [0.1, 0.15) is 0 Å². The van der Waals surface area contributed by atoms with E-state index < -0.39 is 13.4 Å². The molecule has 4 nitrogen and oxygen atoms in total. The highest BCUT2D eigenvalue weighted by molar-refractivity contribution is 7.43. The first-order valence-corrected chi connectivity index (χ1v) is 8.19. The van der Waals surface area contributed by atoms with Crippen molar-refractivity contribution in [3.8, 4) is 0 Å². The molecule has 0 N–H and O–H groups in total. The second-order valence-electron chi connectivity index (χ2n) is 5.46. The highest BCUT2D eigenvalue weighted by Crippen LogP contribution is 2.36. The summed E-state index contributed by atoms with van der Waals surface area (Å²) in [5.74, 6) is 0. The molecule has 0 heterocycles. The molecule has 20 heavy (non-hydrogen) atoms. The van der Waals surface area contributed by atoms with Crippen molar-refractivity contribution in [2.45, 2.75) is 59.0 Å². The first-order chi connectivity index (χ1) is 9.08. The summed E-state index contributed by atoms with van der Waals surface area (Å²) in [4.78, 5) is 21.4. The van der Waals surface area contributed by atoms with Crippen molar-refractivity contribution < 1.29 is 18.9 Å². The van der Waals surface area contributed by atoms with Crippen LogP contribution in [0.3, 0.4) is 0 Å². The van der Waals surface area contributed by atoms with E-state index in [1.165, 1.54) is 17.2 Å². The zero-order valence-electron chi connectivity index (χ0n) is 12.8. The summed E-state index contributed by atoms with van der Waals surface area (Å²) in [6.45, 7) is 11.3. The van der Waals surface area contributed by atoms with E-state index in [-0.39, 0.29) is 0 Å². The van der Waals surface area contributed by atoms with Crippen LogP contribution in [0.4, 0.5) is 0 Å². The van der Waals surface area contributed by atoms with Crippen LogP contribution in [0.1, 0.15) is 53.4 Å². The molecule has 0 radical (unpaired) electrons. The van der Waals surface area contributed by atoms with Crippen LogP contribution in [0.25, 0.3) is 0 Å². The lowest BCUT2D eigenvalue weighted by Crippen LogP contribution is -2.30. The SMILES string of the molecule is C=CC(C)(CC/C=C(/C)CCC=C(C)C)OP(=O)([O-])[O-]. The van der Waals surface area contributed by atoms with Crippen LogP contribution in [0, 0.1) is 0 Å². The van der Waals surface area contributed by atoms with Crippen molar-refractivity contribution in [1.82, 2.24) is 0 Å². The number of hydrogen-bond acceptors (Lipinski definition) is 4. The molecule has 0 amide bonds. The summed E-state index contributed by atoms with van der Waals surface area (Å²) in [5, 5.41) is 0. The molecule has 116 valence electrons. The molecule has 5 heteroatoms. The molecule has 0 aliphatic carbocycles. The number of allylic oxidation sites excluding steroid dienone is 4.